The van der Waals surface area contributed by atoms with Gasteiger partial charge in [0.15, 0.2) is 0 Å². The molecule has 0 saturated heterocycles. The maximum Gasteiger partial charge on any atom is 0.0610 e. The molecule has 0 bridgehead atoms. The summed E-state index contributed by atoms with van der Waals surface area (Å²) in [6.07, 6.45) is 5.63. The first-order valence-corrected chi connectivity index (χ1v) is 6.16. The van der Waals surface area contributed by atoms with Crippen LogP contribution in [0.3, 0.4) is 0 Å². The highest BCUT2D eigenvalue weighted by atomic mass is 16.5. The lowest BCUT2D eigenvalue weighted by molar-refractivity contribution is 0.110. The van der Waals surface area contributed by atoms with Crippen molar-refractivity contribution in [3.63, 3.8) is 0 Å². The zero-order chi connectivity index (χ0) is 11.1. The van der Waals surface area contributed by atoms with Crippen LogP contribution in [0.1, 0.15) is 46.0 Å². The predicted octanol–water partition coefficient (Wildman–Crippen LogP) is 1.70. The van der Waals surface area contributed by atoms with E-state index in [9.17, 15) is 5.11 Å². The molecule has 1 aliphatic carbocycles. The van der Waals surface area contributed by atoms with Crippen molar-refractivity contribution >= 4 is 0 Å². The zero-order valence-corrected chi connectivity index (χ0v) is 10.1. The van der Waals surface area contributed by atoms with Crippen LogP contribution in [0.15, 0.2) is 0 Å². The molecule has 0 heterocycles. The second-order valence-electron chi connectivity index (χ2n) is 4.85. The Labute approximate surface area is 93.2 Å². The molecule has 2 N–H and O–H groups in total. The van der Waals surface area contributed by atoms with E-state index in [4.69, 9.17) is 4.74 Å². The van der Waals surface area contributed by atoms with Crippen LogP contribution in [-0.4, -0.2) is 36.5 Å². The van der Waals surface area contributed by atoms with Crippen molar-refractivity contribution in [3.05, 3.63) is 0 Å². The third-order valence-electron chi connectivity index (χ3n) is 2.84. The Morgan fingerprint density at radius 1 is 1.40 bits per heavy atom. The summed E-state index contributed by atoms with van der Waals surface area (Å²) in [7, 11) is 0. The maximum absolute atomic E-state index is 9.36. The quantitative estimate of drug-likeness (QED) is 0.575. The van der Waals surface area contributed by atoms with Crippen molar-refractivity contribution in [2.45, 2.75) is 57.5 Å². The lowest BCUT2D eigenvalue weighted by atomic mass is 9.97. The summed E-state index contributed by atoms with van der Waals surface area (Å²) in [5.41, 5.74) is -0.100. The fourth-order valence-electron chi connectivity index (χ4n) is 1.73. The fourth-order valence-corrected chi connectivity index (χ4v) is 1.73. The Morgan fingerprint density at radius 2 is 2.13 bits per heavy atom. The Kier molecular flexibility index (Phi) is 5.58. The van der Waals surface area contributed by atoms with E-state index in [1.54, 1.807) is 0 Å². The summed E-state index contributed by atoms with van der Waals surface area (Å²) < 4.78 is 5.43. The molecule has 1 rings (SSSR count). The van der Waals surface area contributed by atoms with Gasteiger partial charge in [-0.3, -0.25) is 0 Å². The van der Waals surface area contributed by atoms with Crippen molar-refractivity contribution in [3.8, 4) is 0 Å². The third-order valence-corrected chi connectivity index (χ3v) is 2.84. The van der Waals surface area contributed by atoms with Gasteiger partial charge < -0.3 is 15.2 Å². The van der Waals surface area contributed by atoms with Gasteiger partial charge in [0.1, 0.15) is 0 Å². The first-order valence-electron chi connectivity index (χ1n) is 6.16. The first kappa shape index (κ1) is 12.9. The standard InChI is InChI=1S/C12H25NO2/c1-3-8-15-9-4-7-12(2,10-14)13-11-5-6-11/h11,13-14H,3-10H2,1-2H3. The van der Waals surface area contributed by atoms with E-state index in [1.807, 2.05) is 0 Å². The third kappa shape index (κ3) is 5.50. The van der Waals surface area contributed by atoms with E-state index in [-0.39, 0.29) is 12.1 Å². The number of aliphatic hydroxyl groups is 1. The van der Waals surface area contributed by atoms with Crippen LogP contribution in [0.25, 0.3) is 0 Å². The number of aliphatic hydroxyl groups excluding tert-OH is 1. The van der Waals surface area contributed by atoms with Crippen LogP contribution in [0.4, 0.5) is 0 Å². The van der Waals surface area contributed by atoms with Crippen LogP contribution in [0, 0.1) is 0 Å². The van der Waals surface area contributed by atoms with Gasteiger partial charge in [0.2, 0.25) is 0 Å². The molecule has 1 unspecified atom stereocenters. The molecule has 0 aromatic heterocycles. The van der Waals surface area contributed by atoms with Crippen molar-refractivity contribution in [2.75, 3.05) is 19.8 Å². The van der Waals surface area contributed by atoms with Crippen LogP contribution < -0.4 is 5.32 Å². The molecule has 3 nitrogen and oxygen atoms in total. The molecule has 90 valence electrons. The Balaban J connectivity index is 2.08. The van der Waals surface area contributed by atoms with Crippen LogP contribution >= 0.6 is 0 Å². The molecular weight excluding hydrogens is 190 g/mol. The van der Waals surface area contributed by atoms with Crippen molar-refractivity contribution in [1.82, 2.24) is 5.32 Å². The van der Waals surface area contributed by atoms with Gasteiger partial charge in [-0.25, -0.2) is 0 Å². The lowest BCUT2D eigenvalue weighted by Crippen LogP contribution is -2.47. The molecule has 0 aromatic carbocycles. The highest BCUT2D eigenvalue weighted by Crippen LogP contribution is 2.24. The largest absolute Gasteiger partial charge is 0.394 e. The number of hydrogen-bond acceptors (Lipinski definition) is 3. The predicted molar refractivity (Wildman–Crippen MR) is 62.0 cm³/mol. The van der Waals surface area contributed by atoms with Gasteiger partial charge in [-0.05, 0) is 39.0 Å². The minimum atomic E-state index is -0.100. The topological polar surface area (TPSA) is 41.5 Å². The van der Waals surface area contributed by atoms with Gasteiger partial charge in [0, 0.05) is 24.8 Å². The van der Waals surface area contributed by atoms with Crippen molar-refractivity contribution in [2.24, 2.45) is 0 Å². The van der Waals surface area contributed by atoms with Gasteiger partial charge in [0.25, 0.3) is 0 Å². The molecule has 1 atom stereocenters. The van der Waals surface area contributed by atoms with E-state index in [0.29, 0.717) is 6.04 Å². The smallest absolute Gasteiger partial charge is 0.0610 e. The molecule has 3 heteroatoms. The summed E-state index contributed by atoms with van der Waals surface area (Å²) in [4.78, 5) is 0. The van der Waals surface area contributed by atoms with Gasteiger partial charge in [-0.15, -0.1) is 0 Å². The molecule has 1 fully saturated rings. The molecule has 0 radical (unpaired) electrons. The Bertz CT molecular complexity index is 171. The molecule has 1 aliphatic rings. The molecule has 1 saturated carbocycles. The minimum absolute atomic E-state index is 0.100. The van der Waals surface area contributed by atoms with Gasteiger partial charge >= 0.3 is 0 Å². The Morgan fingerprint density at radius 3 is 2.67 bits per heavy atom. The van der Waals surface area contributed by atoms with Crippen LogP contribution in [0.2, 0.25) is 0 Å². The molecule has 15 heavy (non-hydrogen) atoms. The average Bonchev–Trinajstić information content (AvgIpc) is 3.01. The van der Waals surface area contributed by atoms with Gasteiger partial charge in [0.05, 0.1) is 6.61 Å². The lowest BCUT2D eigenvalue weighted by Gasteiger charge is -2.29. The van der Waals surface area contributed by atoms with Crippen molar-refractivity contribution < 1.29 is 9.84 Å². The van der Waals surface area contributed by atoms with Crippen LogP contribution in [0.5, 0.6) is 0 Å². The number of ether oxygens (including phenoxy) is 1. The minimum Gasteiger partial charge on any atom is -0.394 e. The second kappa shape index (κ2) is 6.46. The summed E-state index contributed by atoms with van der Waals surface area (Å²) in [5.74, 6) is 0. The summed E-state index contributed by atoms with van der Waals surface area (Å²) in [5, 5.41) is 12.9. The highest BCUT2D eigenvalue weighted by molar-refractivity contribution is 4.92. The first-order chi connectivity index (χ1) is 7.20. The SMILES string of the molecule is CCCOCCCC(C)(CO)NC1CC1. The summed E-state index contributed by atoms with van der Waals surface area (Å²) in [6.45, 7) is 6.11. The summed E-state index contributed by atoms with van der Waals surface area (Å²) >= 11 is 0. The molecule has 0 aromatic rings. The maximum atomic E-state index is 9.36. The van der Waals surface area contributed by atoms with Crippen molar-refractivity contribution in [1.29, 1.82) is 0 Å². The van der Waals surface area contributed by atoms with E-state index in [1.165, 1.54) is 12.8 Å². The van der Waals surface area contributed by atoms with E-state index < -0.39 is 0 Å². The fraction of sp³-hybridized carbons (Fsp3) is 1.00. The van der Waals surface area contributed by atoms with Crippen LogP contribution in [-0.2, 0) is 4.74 Å². The number of hydrogen-bond donors (Lipinski definition) is 2. The molecular formula is C12H25NO2. The molecule has 0 amide bonds. The highest BCUT2D eigenvalue weighted by Gasteiger charge is 2.31. The zero-order valence-electron chi connectivity index (χ0n) is 10.1. The van der Waals surface area contributed by atoms with E-state index in [2.05, 4.69) is 19.2 Å². The number of nitrogens with one attached hydrogen (secondary N) is 1. The number of rotatable bonds is 9. The average molecular weight is 215 g/mol. The normalized spacial score (nSPS) is 20.2. The monoisotopic (exact) mass is 215 g/mol. The molecule has 0 aliphatic heterocycles. The van der Waals surface area contributed by atoms with Gasteiger partial charge in [-0.1, -0.05) is 6.92 Å². The van der Waals surface area contributed by atoms with E-state index >= 15 is 0 Å². The molecule has 0 spiro atoms. The Hall–Kier alpha value is -0.120. The second-order valence-corrected chi connectivity index (χ2v) is 4.85. The van der Waals surface area contributed by atoms with Gasteiger partial charge in [-0.2, -0.15) is 0 Å². The van der Waals surface area contributed by atoms with E-state index in [0.717, 1.165) is 32.5 Å². The summed E-state index contributed by atoms with van der Waals surface area (Å²) in [6, 6.07) is 0.652.